The molecule has 0 fully saturated rings. The maximum atomic E-state index is 12.4. The molecule has 0 aliphatic heterocycles. The Balaban J connectivity index is 1.77. The Morgan fingerprint density at radius 3 is 2.56 bits per heavy atom. The second-order valence-corrected chi connectivity index (χ2v) is 8.56. The molecule has 0 bridgehead atoms. The third kappa shape index (κ3) is 4.09. The zero-order valence-corrected chi connectivity index (χ0v) is 19.1. The van der Waals surface area contributed by atoms with Gasteiger partial charge in [0.15, 0.2) is 5.65 Å². The lowest BCUT2D eigenvalue weighted by atomic mass is 10.0. The van der Waals surface area contributed by atoms with Gasteiger partial charge in [-0.25, -0.2) is 9.67 Å². The second kappa shape index (κ2) is 8.68. The first-order valence-corrected chi connectivity index (χ1v) is 10.8. The zero-order valence-electron chi connectivity index (χ0n) is 19.1. The molecule has 0 aliphatic rings. The van der Waals surface area contributed by atoms with Gasteiger partial charge in [-0.1, -0.05) is 24.3 Å². The molecule has 0 saturated heterocycles. The van der Waals surface area contributed by atoms with E-state index in [-0.39, 0.29) is 18.1 Å². The number of nitrogens with zero attached hydrogens (tertiary/aromatic N) is 3. The van der Waals surface area contributed by atoms with Crippen molar-refractivity contribution in [2.75, 3.05) is 0 Å². The SMILES string of the molecule is Cc1cc(C)c(CNC(O)c2cc(-c3ccccc3C)nc3c2cnn3C(C)C)c(=O)[nH]1. The van der Waals surface area contributed by atoms with E-state index in [1.54, 1.807) is 6.20 Å². The monoisotopic (exact) mass is 431 g/mol. The molecule has 3 heterocycles. The third-order valence-corrected chi connectivity index (χ3v) is 5.77. The first-order valence-electron chi connectivity index (χ1n) is 10.8. The van der Waals surface area contributed by atoms with Crippen LogP contribution in [0.5, 0.6) is 0 Å². The Morgan fingerprint density at radius 2 is 1.88 bits per heavy atom. The number of aryl methyl sites for hydroxylation is 3. The van der Waals surface area contributed by atoms with Crippen LogP contribution in [-0.2, 0) is 6.54 Å². The highest BCUT2D eigenvalue weighted by Gasteiger charge is 2.20. The second-order valence-electron chi connectivity index (χ2n) is 8.56. The molecular formula is C25H29N5O2. The number of hydrogen-bond acceptors (Lipinski definition) is 5. The van der Waals surface area contributed by atoms with E-state index in [0.717, 1.165) is 39.1 Å². The number of nitrogens with one attached hydrogen (secondary N) is 2. The number of pyridine rings is 2. The third-order valence-electron chi connectivity index (χ3n) is 5.77. The quantitative estimate of drug-likeness (QED) is 0.400. The minimum atomic E-state index is -0.992. The maximum Gasteiger partial charge on any atom is 0.252 e. The van der Waals surface area contributed by atoms with Crippen molar-refractivity contribution in [2.24, 2.45) is 0 Å². The molecule has 1 atom stereocenters. The van der Waals surface area contributed by atoms with Gasteiger partial charge in [0.2, 0.25) is 0 Å². The number of aliphatic hydroxyl groups excluding tert-OH is 1. The number of aromatic amines is 1. The summed E-state index contributed by atoms with van der Waals surface area (Å²) in [6.07, 6.45) is 0.752. The Labute approximate surface area is 187 Å². The van der Waals surface area contributed by atoms with Gasteiger partial charge in [-0.3, -0.25) is 10.1 Å². The highest BCUT2D eigenvalue weighted by Crippen LogP contribution is 2.30. The molecule has 7 nitrogen and oxygen atoms in total. The summed E-state index contributed by atoms with van der Waals surface area (Å²) in [5, 5.41) is 19.5. The van der Waals surface area contributed by atoms with E-state index in [4.69, 9.17) is 4.98 Å². The predicted molar refractivity (Wildman–Crippen MR) is 126 cm³/mol. The lowest BCUT2D eigenvalue weighted by Crippen LogP contribution is -2.26. The first-order chi connectivity index (χ1) is 15.3. The number of hydrogen-bond donors (Lipinski definition) is 3. The minimum absolute atomic E-state index is 0.124. The number of H-pyrrole nitrogens is 1. The highest BCUT2D eigenvalue weighted by atomic mass is 16.3. The van der Waals surface area contributed by atoms with E-state index in [2.05, 4.69) is 29.2 Å². The van der Waals surface area contributed by atoms with Gasteiger partial charge in [0.1, 0.15) is 6.23 Å². The van der Waals surface area contributed by atoms with Crippen molar-refractivity contribution in [2.45, 2.75) is 53.4 Å². The molecule has 7 heteroatoms. The highest BCUT2D eigenvalue weighted by molar-refractivity contribution is 5.83. The number of fused-ring (bicyclic) bond motifs is 1. The van der Waals surface area contributed by atoms with E-state index in [9.17, 15) is 9.90 Å². The van der Waals surface area contributed by atoms with Gasteiger partial charge in [-0.05, 0) is 57.9 Å². The van der Waals surface area contributed by atoms with Gasteiger partial charge >= 0.3 is 0 Å². The molecule has 4 rings (SSSR count). The fraction of sp³-hybridized carbons (Fsp3) is 0.320. The predicted octanol–water partition coefficient (Wildman–Crippen LogP) is 4.07. The van der Waals surface area contributed by atoms with E-state index < -0.39 is 6.23 Å². The van der Waals surface area contributed by atoms with Gasteiger partial charge < -0.3 is 10.1 Å². The molecular weight excluding hydrogens is 402 g/mol. The lowest BCUT2D eigenvalue weighted by molar-refractivity contribution is 0.138. The van der Waals surface area contributed by atoms with Gasteiger partial charge in [0.25, 0.3) is 5.56 Å². The Bertz CT molecular complexity index is 1340. The summed E-state index contributed by atoms with van der Waals surface area (Å²) >= 11 is 0. The number of aliphatic hydroxyl groups is 1. The van der Waals surface area contributed by atoms with Crippen molar-refractivity contribution in [3.8, 4) is 11.3 Å². The summed E-state index contributed by atoms with van der Waals surface area (Å²) in [5.41, 5.74) is 6.46. The average Bonchev–Trinajstić information content (AvgIpc) is 3.16. The van der Waals surface area contributed by atoms with Crippen LogP contribution in [0.3, 0.4) is 0 Å². The van der Waals surface area contributed by atoms with Crippen molar-refractivity contribution >= 4 is 11.0 Å². The minimum Gasteiger partial charge on any atom is -0.374 e. The van der Waals surface area contributed by atoms with E-state index in [0.29, 0.717) is 11.1 Å². The first kappa shape index (κ1) is 21.9. The number of aromatic nitrogens is 4. The zero-order chi connectivity index (χ0) is 23.0. The summed E-state index contributed by atoms with van der Waals surface area (Å²) < 4.78 is 1.86. The molecule has 1 aromatic carbocycles. The molecule has 1 unspecified atom stereocenters. The van der Waals surface area contributed by atoms with E-state index >= 15 is 0 Å². The number of rotatable bonds is 6. The molecule has 0 spiro atoms. The maximum absolute atomic E-state index is 12.4. The van der Waals surface area contributed by atoms with Gasteiger partial charge in [0, 0.05) is 40.4 Å². The fourth-order valence-electron chi connectivity index (χ4n) is 4.05. The van der Waals surface area contributed by atoms with Crippen molar-refractivity contribution in [1.82, 2.24) is 25.1 Å². The van der Waals surface area contributed by atoms with Crippen LogP contribution in [0.2, 0.25) is 0 Å². The van der Waals surface area contributed by atoms with E-state index in [1.165, 1.54) is 0 Å². The topological polar surface area (TPSA) is 95.8 Å². The van der Waals surface area contributed by atoms with Crippen LogP contribution < -0.4 is 10.9 Å². The molecule has 3 aromatic heterocycles. The molecule has 0 radical (unpaired) electrons. The molecule has 3 N–H and O–H groups in total. The largest absolute Gasteiger partial charge is 0.374 e. The standard InChI is InChI=1S/C25H29N5O2/c1-14(2)30-23-21(13-27-30)19(11-22(29-23)18-9-7-6-8-15(18)3)24(31)26-12-20-16(4)10-17(5)28-25(20)32/h6-11,13-14,24,26,31H,12H2,1-5H3,(H,28,32). The summed E-state index contributed by atoms with van der Waals surface area (Å²) in [6.45, 7) is 10.1. The normalized spacial score (nSPS) is 12.6. The Hall–Kier alpha value is -3.29. The van der Waals surface area contributed by atoms with Crippen LogP contribution >= 0.6 is 0 Å². The molecule has 4 aromatic rings. The summed E-state index contributed by atoms with van der Waals surface area (Å²) in [4.78, 5) is 20.1. The Morgan fingerprint density at radius 1 is 1.12 bits per heavy atom. The van der Waals surface area contributed by atoms with Crippen LogP contribution in [0, 0.1) is 20.8 Å². The summed E-state index contributed by atoms with van der Waals surface area (Å²) in [6, 6.07) is 12.0. The molecule has 0 saturated carbocycles. The van der Waals surface area contributed by atoms with Gasteiger partial charge in [-0.2, -0.15) is 5.10 Å². The van der Waals surface area contributed by atoms with Crippen molar-refractivity contribution in [1.29, 1.82) is 0 Å². The average molecular weight is 432 g/mol. The molecule has 0 aliphatic carbocycles. The number of benzene rings is 1. The summed E-state index contributed by atoms with van der Waals surface area (Å²) in [7, 11) is 0. The lowest BCUT2D eigenvalue weighted by Gasteiger charge is -2.17. The van der Waals surface area contributed by atoms with Crippen molar-refractivity contribution in [3.05, 3.63) is 80.9 Å². The molecule has 166 valence electrons. The summed E-state index contributed by atoms with van der Waals surface area (Å²) in [5.74, 6) is 0. The van der Waals surface area contributed by atoms with Crippen LogP contribution in [0.4, 0.5) is 0 Å². The smallest absolute Gasteiger partial charge is 0.252 e. The molecule has 32 heavy (non-hydrogen) atoms. The van der Waals surface area contributed by atoms with Crippen LogP contribution in [0.25, 0.3) is 22.3 Å². The van der Waals surface area contributed by atoms with Crippen LogP contribution in [0.15, 0.2) is 47.4 Å². The van der Waals surface area contributed by atoms with Crippen LogP contribution in [0.1, 0.15) is 54.1 Å². The van der Waals surface area contributed by atoms with Crippen molar-refractivity contribution < 1.29 is 5.11 Å². The Kier molecular flexibility index (Phi) is 5.95. The van der Waals surface area contributed by atoms with Crippen LogP contribution in [-0.4, -0.2) is 24.9 Å². The van der Waals surface area contributed by atoms with E-state index in [1.807, 2.05) is 61.9 Å². The van der Waals surface area contributed by atoms with Gasteiger partial charge in [-0.15, -0.1) is 0 Å². The fourth-order valence-corrected chi connectivity index (χ4v) is 4.05. The van der Waals surface area contributed by atoms with Gasteiger partial charge in [0.05, 0.1) is 11.9 Å². The molecule has 0 amide bonds. The van der Waals surface area contributed by atoms with Crippen molar-refractivity contribution in [3.63, 3.8) is 0 Å².